The van der Waals surface area contributed by atoms with Gasteiger partial charge in [-0.25, -0.2) is 0 Å². The molecule has 5 nitrogen and oxygen atoms in total. The maximum atomic E-state index is 12.7. The lowest BCUT2D eigenvalue weighted by Gasteiger charge is -2.33. The van der Waals surface area contributed by atoms with E-state index in [-0.39, 0.29) is 17.2 Å². The van der Waals surface area contributed by atoms with E-state index in [0.29, 0.717) is 24.4 Å². The Bertz CT molecular complexity index is 623. The van der Waals surface area contributed by atoms with Crippen molar-refractivity contribution in [3.63, 3.8) is 0 Å². The van der Waals surface area contributed by atoms with Gasteiger partial charge >= 0.3 is 5.97 Å². The Kier molecular flexibility index (Phi) is 3.89. The van der Waals surface area contributed by atoms with Crippen LogP contribution in [0.15, 0.2) is 22.7 Å². The molecule has 1 amide bonds. The van der Waals surface area contributed by atoms with E-state index >= 15 is 0 Å². The molecule has 1 heterocycles. The van der Waals surface area contributed by atoms with Gasteiger partial charge in [0.15, 0.2) is 0 Å². The molecular weight excluding hydrogens is 350 g/mol. The molecular formula is C16H18BrNO4. The van der Waals surface area contributed by atoms with Gasteiger partial charge < -0.3 is 14.7 Å². The number of amides is 1. The van der Waals surface area contributed by atoms with Crippen LogP contribution in [-0.2, 0) is 4.79 Å². The zero-order chi connectivity index (χ0) is 15.9. The first-order valence-corrected chi connectivity index (χ1v) is 8.12. The molecule has 1 aliphatic heterocycles. The quantitative estimate of drug-likeness (QED) is 0.891. The van der Waals surface area contributed by atoms with Crippen LogP contribution < -0.4 is 4.74 Å². The molecule has 2 fully saturated rings. The topological polar surface area (TPSA) is 66.8 Å². The van der Waals surface area contributed by atoms with Crippen molar-refractivity contribution in [3.8, 4) is 5.75 Å². The Labute approximate surface area is 137 Å². The van der Waals surface area contributed by atoms with Crippen LogP contribution in [0.25, 0.3) is 0 Å². The molecule has 0 bridgehead atoms. The van der Waals surface area contributed by atoms with E-state index in [1.807, 2.05) is 6.07 Å². The molecule has 22 heavy (non-hydrogen) atoms. The van der Waals surface area contributed by atoms with E-state index in [9.17, 15) is 9.59 Å². The summed E-state index contributed by atoms with van der Waals surface area (Å²) in [4.78, 5) is 25.5. The normalized spacial score (nSPS) is 22.5. The third kappa shape index (κ3) is 2.60. The molecule has 3 rings (SSSR count). The van der Waals surface area contributed by atoms with Gasteiger partial charge in [0, 0.05) is 17.6 Å². The van der Waals surface area contributed by atoms with E-state index in [2.05, 4.69) is 15.9 Å². The second-order valence-electron chi connectivity index (χ2n) is 6.09. The van der Waals surface area contributed by atoms with E-state index in [4.69, 9.17) is 9.84 Å². The maximum absolute atomic E-state index is 12.7. The van der Waals surface area contributed by atoms with Gasteiger partial charge in [-0.2, -0.15) is 0 Å². The lowest BCUT2D eigenvalue weighted by molar-refractivity contribution is -0.139. The highest BCUT2D eigenvalue weighted by Gasteiger charge is 2.59. The summed E-state index contributed by atoms with van der Waals surface area (Å²) in [7, 11) is 1.55. The lowest BCUT2D eigenvalue weighted by atomic mass is 9.90. The van der Waals surface area contributed by atoms with Gasteiger partial charge in [0.1, 0.15) is 5.75 Å². The number of hydrogen-bond acceptors (Lipinski definition) is 3. The highest BCUT2D eigenvalue weighted by molar-refractivity contribution is 9.10. The average Bonchev–Trinajstić information content (AvgIpc) is 3.21. The van der Waals surface area contributed by atoms with Gasteiger partial charge in [-0.05, 0) is 42.9 Å². The van der Waals surface area contributed by atoms with Crippen molar-refractivity contribution in [1.82, 2.24) is 4.90 Å². The van der Waals surface area contributed by atoms with E-state index in [0.717, 1.165) is 23.7 Å². The molecule has 1 aliphatic carbocycles. The van der Waals surface area contributed by atoms with Crippen molar-refractivity contribution in [3.05, 3.63) is 28.2 Å². The van der Waals surface area contributed by atoms with Crippen molar-refractivity contribution in [1.29, 1.82) is 0 Å². The molecule has 1 saturated heterocycles. The standard InChI is InChI=1S/C16H18BrNO4/c1-22-13-8-10(17)2-3-11(13)14(19)18-6-4-16(5-7-18)9-12(16)15(20)21/h2-3,8,12H,4-7,9H2,1H3,(H,20,21). The smallest absolute Gasteiger partial charge is 0.307 e. The molecule has 1 atom stereocenters. The van der Waals surface area contributed by atoms with E-state index in [1.54, 1.807) is 24.1 Å². The van der Waals surface area contributed by atoms with Crippen molar-refractivity contribution < 1.29 is 19.4 Å². The first-order chi connectivity index (χ1) is 10.5. The maximum Gasteiger partial charge on any atom is 0.307 e. The largest absolute Gasteiger partial charge is 0.496 e. The van der Waals surface area contributed by atoms with E-state index in [1.165, 1.54) is 0 Å². The second kappa shape index (κ2) is 5.57. The number of aliphatic carboxylic acids is 1. The van der Waals surface area contributed by atoms with Gasteiger partial charge in [-0.1, -0.05) is 15.9 Å². The average molecular weight is 368 g/mol. The van der Waals surface area contributed by atoms with Crippen LogP contribution in [0.3, 0.4) is 0 Å². The highest BCUT2D eigenvalue weighted by atomic mass is 79.9. The minimum atomic E-state index is -0.700. The molecule has 118 valence electrons. The van der Waals surface area contributed by atoms with Crippen LogP contribution in [0.5, 0.6) is 5.75 Å². The third-order valence-corrected chi connectivity index (χ3v) is 5.42. The molecule has 1 aromatic rings. The molecule has 1 aromatic carbocycles. The summed E-state index contributed by atoms with van der Waals surface area (Å²) in [5.41, 5.74) is 0.485. The zero-order valence-corrected chi connectivity index (χ0v) is 13.9. The van der Waals surface area contributed by atoms with Gasteiger partial charge in [0.05, 0.1) is 18.6 Å². The fourth-order valence-corrected chi connectivity index (χ4v) is 3.76. The number of carboxylic acids is 1. The first kappa shape index (κ1) is 15.3. The number of methoxy groups -OCH3 is 1. The number of hydrogen-bond donors (Lipinski definition) is 1. The number of ether oxygens (including phenoxy) is 1. The predicted molar refractivity (Wildman–Crippen MR) is 84.0 cm³/mol. The fraction of sp³-hybridized carbons (Fsp3) is 0.500. The Morgan fingerprint density at radius 2 is 2.05 bits per heavy atom. The zero-order valence-electron chi connectivity index (χ0n) is 12.3. The summed E-state index contributed by atoms with van der Waals surface area (Å²) in [6.07, 6.45) is 2.30. The van der Waals surface area contributed by atoms with Crippen LogP contribution in [0.1, 0.15) is 29.6 Å². The van der Waals surface area contributed by atoms with E-state index < -0.39 is 5.97 Å². The predicted octanol–water partition coefficient (Wildman–Crippen LogP) is 2.78. The number of nitrogens with zero attached hydrogens (tertiary/aromatic N) is 1. The Balaban J connectivity index is 1.69. The van der Waals surface area contributed by atoms with Crippen LogP contribution in [0.4, 0.5) is 0 Å². The molecule has 6 heteroatoms. The number of halogens is 1. The molecule has 2 aliphatic rings. The van der Waals surface area contributed by atoms with Crippen molar-refractivity contribution in [2.45, 2.75) is 19.3 Å². The molecule has 1 saturated carbocycles. The Morgan fingerprint density at radius 1 is 1.36 bits per heavy atom. The van der Waals surface area contributed by atoms with Gasteiger partial charge in [0.2, 0.25) is 0 Å². The molecule has 0 radical (unpaired) electrons. The lowest BCUT2D eigenvalue weighted by Crippen LogP contribution is -2.40. The number of carboxylic acid groups (broad SMARTS) is 1. The van der Waals surface area contributed by atoms with Crippen LogP contribution in [-0.4, -0.2) is 42.1 Å². The summed E-state index contributed by atoms with van der Waals surface area (Å²) < 4.78 is 6.15. The number of carbonyl (C=O) groups excluding carboxylic acids is 1. The second-order valence-corrected chi connectivity index (χ2v) is 7.01. The molecule has 0 aromatic heterocycles. The third-order valence-electron chi connectivity index (χ3n) is 4.93. The van der Waals surface area contributed by atoms with Crippen LogP contribution >= 0.6 is 15.9 Å². The summed E-state index contributed by atoms with van der Waals surface area (Å²) >= 11 is 3.37. The highest BCUT2D eigenvalue weighted by Crippen LogP contribution is 2.59. The summed E-state index contributed by atoms with van der Waals surface area (Å²) in [5, 5.41) is 9.12. The van der Waals surface area contributed by atoms with Crippen molar-refractivity contribution in [2.75, 3.05) is 20.2 Å². The SMILES string of the molecule is COc1cc(Br)ccc1C(=O)N1CCC2(CC1)CC2C(=O)O. The van der Waals surface area contributed by atoms with Crippen LogP contribution in [0, 0.1) is 11.3 Å². The first-order valence-electron chi connectivity index (χ1n) is 7.32. The monoisotopic (exact) mass is 367 g/mol. The number of rotatable bonds is 3. The number of likely N-dealkylation sites (tertiary alicyclic amines) is 1. The van der Waals surface area contributed by atoms with Gasteiger partial charge in [-0.3, -0.25) is 9.59 Å². The summed E-state index contributed by atoms with van der Waals surface area (Å²) in [5.74, 6) is -0.414. The molecule has 1 unspecified atom stereocenters. The van der Waals surface area contributed by atoms with Gasteiger partial charge in [0.25, 0.3) is 5.91 Å². The minimum absolute atomic E-state index is 0.0493. The minimum Gasteiger partial charge on any atom is -0.496 e. The fourth-order valence-electron chi connectivity index (χ4n) is 3.42. The Morgan fingerprint density at radius 3 is 2.59 bits per heavy atom. The number of piperidine rings is 1. The molecule has 1 N–H and O–H groups in total. The van der Waals surface area contributed by atoms with Gasteiger partial charge in [-0.15, -0.1) is 0 Å². The Hall–Kier alpha value is -1.56. The summed E-state index contributed by atoms with van der Waals surface area (Å²) in [6.45, 7) is 1.23. The summed E-state index contributed by atoms with van der Waals surface area (Å²) in [6, 6.07) is 5.36. The molecule has 1 spiro atoms. The van der Waals surface area contributed by atoms with Crippen LogP contribution in [0.2, 0.25) is 0 Å². The number of carbonyl (C=O) groups is 2. The van der Waals surface area contributed by atoms with Crippen molar-refractivity contribution in [2.24, 2.45) is 11.3 Å². The number of benzene rings is 1. The van der Waals surface area contributed by atoms with Crippen molar-refractivity contribution >= 4 is 27.8 Å².